The molecule has 35 heavy (non-hydrogen) atoms. The molecule has 2 aromatic rings. The van der Waals surface area contributed by atoms with E-state index < -0.39 is 4.92 Å². The zero-order valence-electron chi connectivity index (χ0n) is 19.6. The van der Waals surface area contributed by atoms with E-state index in [0.29, 0.717) is 39.1 Å². The van der Waals surface area contributed by atoms with Crippen LogP contribution in [0.5, 0.6) is 0 Å². The number of nitrogens with zero attached hydrogens (tertiary/aromatic N) is 5. The standard InChI is InChI=1S/C25H30N6O4/c32-24(29-9-1-2-10-29)17-28-11-12-30-22-4-3-20(31(34)35)13-19(22)14-21(23(30)16-28)25(33)27-15-18-5-7-26-8-6-18/h3-8,13,21,23H,1-2,9-12,14-17H2,(H,27,33)/t21-,23-/m1/s1. The molecule has 1 aromatic heterocycles. The number of carbonyl (C=O) groups excluding carboxylic acids is 2. The van der Waals surface area contributed by atoms with E-state index in [1.807, 2.05) is 17.0 Å². The maximum atomic E-state index is 13.4. The second kappa shape index (κ2) is 9.99. The smallest absolute Gasteiger partial charge is 0.269 e. The Bertz CT molecular complexity index is 1100. The molecule has 184 valence electrons. The molecule has 2 atom stereocenters. The summed E-state index contributed by atoms with van der Waals surface area (Å²) in [6, 6.07) is 8.54. The lowest BCUT2D eigenvalue weighted by molar-refractivity contribution is -0.384. The molecule has 3 aliphatic rings. The molecule has 10 heteroatoms. The fraction of sp³-hybridized carbons (Fsp3) is 0.480. The number of anilines is 1. The molecule has 1 aromatic carbocycles. The van der Waals surface area contributed by atoms with Gasteiger partial charge in [-0.15, -0.1) is 0 Å². The minimum Gasteiger partial charge on any atom is -0.365 e. The molecule has 0 spiro atoms. The average Bonchev–Trinajstić information content (AvgIpc) is 3.42. The number of likely N-dealkylation sites (tertiary alicyclic amines) is 1. The number of carbonyl (C=O) groups is 2. The third-order valence-electron chi connectivity index (χ3n) is 7.36. The van der Waals surface area contributed by atoms with Gasteiger partial charge in [0.15, 0.2) is 0 Å². The molecule has 3 aliphatic heterocycles. The highest BCUT2D eigenvalue weighted by molar-refractivity contribution is 5.82. The second-order valence-corrected chi connectivity index (χ2v) is 9.54. The van der Waals surface area contributed by atoms with Crippen LogP contribution in [0.4, 0.5) is 11.4 Å². The number of amides is 2. The lowest BCUT2D eigenvalue weighted by Gasteiger charge is -2.49. The van der Waals surface area contributed by atoms with Crippen molar-refractivity contribution in [2.45, 2.75) is 31.8 Å². The second-order valence-electron chi connectivity index (χ2n) is 9.54. The van der Waals surface area contributed by atoms with Gasteiger partial charge >= 0.3 is 0 Å². The monoisotopic (exact) mass is 478 g/mol. The Morgan fingerprint density at radius 2 is 1.86 bits per heavy atom. The number of rotatable bonds is 6. The van der Waals surface area contributed by atoms with E-state index >= 15 is 0 Å². The van der Waals surface area contributed by atoms with Gasteiger partial charge in [-0.2, -0.15) is 0 Å². The van der Waals surface area contributed by atoms with E-state index in [2.05, 4.69) is 20.1 Å². The molecule has 4 heterocycles. The van der Waals surface area contributed by atoms with Gasteiger partial charge in [-0.1, -0.05) is 0 Å². The maximum Gasteiger partial charge on any atom is 0.269 e. The fourth-order valence-electron chi connectivity index (χ4n) is 5.50. The van der Waals surface area contributed by atoms with Crippen LogP contribution in [0.2, 0.25) is 0 Å². The number of fused-ring (bicyclic) bond motifs is 3. The van der Waals surface area contributed by atoms with Gasteiger partial charge in [0.2, 0.25) is 11.8 Å². The summed E-state index contributed by atoms with van der Waals surface area (Å²) < 4.78 is 0. The summed E-state index contributed by atoms with van der Waals surface area (Å²) in [5, 5.41) is 14.4. The lowest BCUT2D eigenvalue weighted by Crippen LogP contribution is -2.62. The zero-order chi connectivity index (χ0) is 24.4. The number of aromatic nitrogens is 1. The van der Waals surface area contributed by atoms with Crippen molar-refractivity contribution in [2.75, 3.05) is 44.2 Å². The Kier molecular flexibility index (Phi) is 6.63. The van der Waals surface area contributed by atoms with E-state index in [1.165, 1.54) is 6.07 Å². The first-order chi connectivity index (χ1) is 17.0. The number of pyridine rings is 1. The van der Waals surface area contributed by atoms with Crippen LogP contribution < -0.4 is 10.2 Å². The summed E-state index contributed by atoms with van der Waals surface area (Å²) in [6.07, 6.45) is 5.93. The van der Waals surface area contributed by atoms with Crippen molar-refractivity contribution in [3.63, 3.8) is 0 Å². The van der Waals surface area contributed by atoms with Gasteiger partial charge in [0.05, 0.1) is 23.4 Å². The van der Waals surface area contributed by atoms with E-state index in [1.54, 1.807) is 24.5 Å². The Labute approximate surface area is 204 Å². The molecular weight excluding hydrogens is 448 g/mol. The van der Waals surface area contributed by atoms with Crippen molar-refractivity contribution in [1.82, 2.24) is 20.1 Å². The Morgan fingerprint density at radius 1 is 1.09 bits per heavy atom. The normalized spacial score (nSPS) is 21.8. The SMILES string of the molecule is O=C(NCc1ccncc1)[C@@H]1Cc2cc([N+](=O)[O-])ccc2N2CCN(CC(=O)N3CCCC3)C[C@H]12. The van der Waals surface area contributed by atoms with Crippen molar-refractivity contribution >= 4 is 23.2 Å². The highest BCUT2D eigenvalue weighted by atomic mass is 16.6. The number of piperazine rings is 1. The number of nitro benzene ring substituents is 1. The largest absolute Gasteiger partial charge is 0.365 e. The molecule has 0 saturated carbocycles. The molecule has 1 N–H and O–H groups in total. The minimum absolute atomic E-state index is 0.0352. The quantitative estimate of drug-likeness (QED) is 0.496. The van der Waals surface area contributed by atoms with Crippen LogP contribution in [0.25, 0.3) is 0 Å². The third-order valence-corrected chi connectivity index (χ3v) is 7.36. The number of non-ortho nitro benzene ring substituents is 1. The van der Waals surface area contributed by atoms with Crippen molar-refractivity contribution in [3.8, 4) is 0 Å². The predicted molar refractivity (Wildman–Crippen MR) is 130 cm³/mol. The van der Waals surface area contributed by atoms with Crippen molar-refractivity contribution in [3.05, 3.63) is 64.0 Å². The molecular formula is C25H30N6O4. The van der Waals surface area contributed by atoms with E-state index in [0.717, 1.165) is 42.7 Å². The molecule has 10 nitrogen and oxygen atoms in total. The highest BCUT2D eigenvalue weighted by Crippen LogP contribution is 2.38. The third kappa shape index (κ3) is 4.97. The van der Waals surface area contributed by atoms with Gasteiger partial charge in [-0.25, -0.2) is 0 Å². The topological polar surface area (TPSA) is 112 Å². The summed E-state index contributed by atoms with van der Waals surface area (Å²) in [7, 11) is 0. The Balaban J connectivity index is 1.36. The molecule has 0 aliphatic carbocycles. The van der Waals surface area contributed by atoms with Gasteiger partial charge < -0.3 is 15.1 Å². The summed E-state index contributed by atoms with van der Waals surface area (Å²) in [5.41, 5.74) is 2.76. The summed E-state index contributed by atoms with van der Waals surface area (Å²) in [4.78, 5) is 47.5. The number of nitrogens with one attached hydrogen (secondary N) is 1. The molecule has 2 saturated heterocycles. The van der Waals surface area contributed by atoms with Crippen LogP contribution in [0.1, 0.15) is 24.0 Å². The first-order valence-corrected chi connectivity index (χ1v) is 12.2. The summed E-state index contributed by atoms with van der Waals surface area (Å²) >= 11 is 0. The maximum absolute atomic E-state index is 13.4. The van der Waals surface area contributed by atoms with Crippen LogP contribution in [0.3, 0.4) is 0 Å². The molecule has 0 bridgehead atoms. The molecule has 2 amide bonds. The summed E-state index contributed by atoms with van der Waals surface area (Å²) in [5.74, 6) is -0.306. The minimum atomic E-state index is -0.396. The van der Waals surface area contributed by atoms with Crippen LogP contribution >= 0.6 is 0 Å². The molecule has 5 rings (SSSR count). The molecule has 0 unspecified atom stereocenters. The fourth-order valence-corrected chi connectivity index (χ4v) is 5.50. The zero-order valence-corrected chi connectivity index (χ0v) is 19.6. The highest BCUT2D eigenvalue weighted by Gasteiger charge is 2.42. The molecule has 0 radical (unpaired) electrons. The van der Waals surface area contributed by atoms with Gasteiger partial charge in [0, 0.05) is 69.5 Å². The first kappa shape index (κ1) is 23.2. The number of hydrogen-bond acceptors (Lipinski definition) is 7. The van der Waals surface area contributed by atoms with Gasteiger partial charge in [0.25, 0.3) is 5.69 Å². The number of nitro groups is 1. The number of hydrogen-bond donors (Lipinski definition) is 1. The van der Waals surface area contributed by atoms with Crippen LogP contribution in [-0.2, 0) is 22.6 Å². The van der Waals surface area contributed by atoms with Gasteiger partial charge in [0.1, 0.15) is 0 Å². The van der Waals surface area contributed by atoms with Crippen molar-refractivity contribution < 1.29 is 14.5 Å². The van der Waals surface area contributed by atoms with Crippen LogP contribution in [0.15, 0.2) is 42.7 Å². The van der Waals surface area contributed by atoms with E-state index in [9.17, 15) is 19.7 Å². The Hall–Kier alpha value is -3.53. The lowest BCUT2D eigenvalue weighted by atomic mass is 9.83. The van der Waals surface area contributed by atoms with Crippen LogP contribution in [0, 0.1) is 16.0 Å². The van der Waals surface area contributed by atoms with Gasteiger partial charge in [-0.05, 0) is 48.6 Å². The molecule has 2 fully saturated rings. The van der Waals surface area contributed by atoms with Crippen molar-refractivity contribution in [1.29, 1.82) is 0 Å². The van der Waals surface area contributed by atoms with Gasteiger partial charge in [-0.3, -0.25) is 29.6 Å². The summed E-state index contributed by atoms with van der Waals surface area (Å²) in [6.45, 7) is 4.38. The van der Waals surface area contributed by atoms with E-state index in [-0.39, 0.29) is 29.5 Å². The average molecular weight is 479 g/mol. The predicted octanol–water partition coefficient (Wildman–Crippen LogP) is 1.59. The first-order valence-electron chi connectivity index (χ1n) is 12.2. The number of benzene rings is 1. The van der Waals surface area contributed by atoms with Crippen molar-refractivity contribution in [2.24, 2.45) is 5.92 Å². The van der Waals surface area contributed by atoms with Crippen LogP contribution in [-0.4, -0.2) is 76.8 Å². The van der Waals surface area contributed by atoms with E-state index in [4.69, 9.17) is 0 Å². The Morgan fingerprint density at radius 3 is 2.60 bits per heavy atom.